The molecule has 0 saturated heterocycles. The predicted octanol–water partition coefficient (Wildman–Crippen LogP) is 2.51. The van der Waals surface area contributed by atoms with E-state index in [2.05, 4.69) is 5.10 Å². The van der Waals surface area contributed by atoms with Crippen LogP contribution in [0.3, 0.4) is 0 Å². The van der Waals surface area contributed by atoms with E-state index in [1.54, 1.807) is 16.8 Å². The summed E-state index contributed by atoms with van der Waals surface area (Å²) in [5.41, 5.74) is 3.51. The van der Waals surface area contributed by atoms with E-state index in [0.717, 1.165) is 17.0 Å². The maximum absolute atomic E-state index is 13.3. The Bertz CT molecular complexity index is 679. The molecule has 20 heavy (non-hydrogen) atoms. The minimum Gasteiger partial charge on any atom is -0.481 e. The number of halogens is 1. The molecule has 1 unspecified atom stereocenters. The average Bonchev–Trinajstić information content (AvgIpc) is 2.76. The van der Waals surface area contributed by atoms with Crippen LogP contribution >= 0.6 is 0 Å². The Balaban J connectivity index is 2.04. The minimum absolute atomic E-state index is 0.302. The van der Waals surface area contributed by atoms with Crippen molar-refractivity contribution in [2.45, 2.75) is 26.2 Å². The number of hydrogen-bond acceptors (Lipinski definition) is 2. The molecule has 1 N–H and O–H groups in total. The smallest absolute Gasteiger partial charge is 0.306 e. The highest BCUT2D eigenvalue weighted by atomic mass is 19.1. The van der Waals surface area contributed by atoms with Crippen LogP contribution < -0.4 is 0 Å². The third kappa shape index (κ3) is 2.09. The Morgan fingerprint density at radius 2 is 2.30 bits per heavy atom. The summed E-state index contributed by atoms with van der Waals surface area (Å²) >= 11 is 0. The zero-order valence-corrected chi connectivity index (χ0v) is 11.1. The van der Waals surface area contributed by atoms with Crippen molar-refractivity contribution in [3.05, 3.63) is 47.0 Å². The summed E-state index contributed by atoms with van der Waals surface area (Å²) in [5.74, 6) is -1.40. The zero-order valence-electron chi connectivity index (χ0n) is 11.1. The SMILES string of the molecule is Cc1nn(-c2cccc(F)c2)c2c1CC(C(=O)O)CC2. The van der Waals surface area contributed by atoms with Crippen LogP contribution in [0.2, 0.25) is 0 Å². The molecular formula is C15H15FN2O2. The number of nitrogens with zero attached hydrogens (tertiary/aromatic N) is 2. The fourth-order valence-electron chi connectivity index (χ4n) is 2.82. The summed E-state index contributed by atoms with van der Waals surface area (Å²) in [6.07, 6.45) is 1.76. The van der Waals surface area contributed by atoms with Crippen molar-refractivity contribution in [1.29, 1.82) is 0 Å². The van der Waals surface area contributed by atoms with Crippen molar-refractivity contribution in [2.75, 3.05) is 0 Å². The summed E-state index contributed by atoms with van der Waals surface area (Å²) in [6.45, 7) is 1.87. The van der Waals surface area contributed by atoms with Gasteiger partial charge in [0, 0.05) is 5.69 Å². The monoisotopic (exact) mass is 274 g/mol. The highest BCUT2D eigenvalue weighted by Gasteiger charge is 2.29. The van der Waals surface area contributed by atoms with Crippen LogP contribution in [-0.4, -0.2) is 20.9 Å². The molecule has 3 rings (SSSR count). The lowest BCUT2D eigenvalue weighted by atomic mass is 9.86. The first-order valence-corrected chi connectivity index (χ1v) is 6.62. The van der Waals surface area contributed by atoms with Gasteiger partial charge < -0.3 is 5.11 Å². The van der Waals surface area contributed by atoms with Crippen LogP contribution in [0, 0.1) is 18.7 Å². The van der Waals surface area contributed by atoms with Crippen LogP contribution in [0.1, 0.15) is 23.4 Å². The third-order valence-corrected chi connectivity index (χ3v) is 3.87. The molecule has 1 aliphatic carbocycles. The molecule has 1 aliphatic rings. The van der Waals surface area contributed by atoms with Crippen molar-refractivity contribution in [1.82, 2.24) is 9.78 Å². The average molecular weight is 274 g/mol. The lowest BCUT2D eigenvalue weighted by molar-refractivity contribution is -0.142. The number of rotatable bonds is 2. The molecule has 0 fully saturated rings. The summed E-state index contributed by atoms with van der Waals surface area (Å²) in [7, 11) is 0. The third-order valence-electron chi connectivity index (χ3n) is 3.87. The molecule has 0 radical (unpaired) electrons. The highest BCUT2D eigenvalue weighted by molar-refractivity contribution is 5.71. The van der Waals surface area contributed by atoms with Crippen molar-refractivity contribution in [3.63, 3.8) is 0 Å². The Hall–Kier alpha value is -2.17. The van der Waals surface area contributed by atoms with Gasteiger partial charge in [-0.2, -0.15) is 5.10 Å². The van der Waals surface area contributed by atoms with Gasteiger partial charge in [-0.3, -0.25) is 4.79 Å². The van der Waals surface area contributed by atoms with Gasteiger partial charge in [0.2, 0.25) is 0 Å². The van der Waals surface area contributed by atoms with Gasteiger partial charge in [-0.1, -0.05) is 6.07 Å². The topological polar surface area (TPSA) is 55.1 Å². The van der Waals surface area contributed by atoms with Gasteiger partial charge in [0.15, 0.2) is 0 Å². The number of carboxylic acid groups (broad SMARTS) is 1. The van der Waals surface area contributed by atoms with E-state index in [1.165, 1.54) is 12.1 Å². The van der Waals surface area contributed by atoms with E-state index < -0.39 is 5.97 Å². The molecule has 0 spiro atoms. The predicted molar refractivity (Wildman–Crippen MR) is 71.4 cm³/mol. The van der Waals surface area contributed by atoms with E-state index in [0.29, 0.717) is 24.9 Å². The summed E-state index contributed by atoms with van der Waals surface area (Å²) in [4.78, 5) is 11.1. The van der Waals surface area contributed by atoms with Gasteiger partial charge in [0.25, 0.3) is 0 Å². The van der Waals surface area contributed by atoms with Gasteiger partial charge in [-0.25, -0.2) is 9.07 Å². The molecule has 0 saturated carbocycles. The van der Waals surface area contributed by atoms with Crippen LogP contribution in [0.25, 0.3) is 5.69 Å². The molecule has 0 amide bonds. The molecule has 104 valence electrons. The van der Waals surface area contributed by atoms with Crippen molar-refractivity contribution >= 4 is 5.97 Å². The zero-order chi connectivity index (χ0) is 14.3. The van der Waals surface area contributed by atoms with Gasteiger partial charge in [-0.05, 0) is 49.9 Å². The second-order valence-electron chi connectivity index (χ2n) is 5.18. The summed E-state index contributed by atoms with van der Waals surface area (Å²) in [5, 5.41) is 13.6. The molecule has 2 aromatic rings. The van der Waals surface area contributed by atoms with Crippen molar-refractivity contribution in [3.8, 4) is 5.69 Å². The van der Waals surface area contributed by atoms with E-state index >= 15 is 0 Å². The lowest BCUT2D eigenvalue weighted by Gasteiger charge is -2.20. The van der Waals surface area contributed by atoms with E-state index in [-0.39, 0.29) is 11.7 Å². The number of hydrogen-bond donors (Lipinski definition) is 1. The summed E-state index contributed by atoms with van der Waals surface area (Å²) < 4.78 is 15.1. The van der Waals surface area contributed by atoms with Crippen molar-refractivity contribution < 1.29 is 14.3 Å². The Labute approximate surface area is 115 Å². The van der Waals surface area contributed by atoms with E-state index in [4.69, 9.17) is 5.11 Å². The standard InChI is InChI=1S/C15H15FN2O2/c1-9-13-7-10(15(19)20)5-6-14(13)18(17-9)12-4-2-3-11(16)8-12/h2-4,8,10H,5-7H2,1H3,(H,19,20). The number of carboxylic acids is 1. The molecule has 5 heteroatoms. The fourth-order valence-corrected chi connectivity index (χ4v) is 2.82. The quantitative estimate of drug-likeness (QED) is 0.915. The maximum Gasteiger partial charge on any atom is 0.306 e. The Morgan fingerprint density at radius 1 is 1.50 bits per heavy atom. The molecular weight excluding hydrogens is 259 g/mol. The number of carbonyl (C=O) groups is 1. The normalized spacial score (nSPS) is 17.8. The lowest BCUT2D eigenvalue weighted by Crippen LogP contribution is -2.23. The largest absolute Gasteiger partial charge is 0.481 e. The van der Waals surface area contributed by atoms with Gasteiger partial charge in [-0.15, -0.1) is 0 Å². The maximum atomic E-state index is 13.3. The molecule has 0 bridgehead atoms. The van der Waals surface area contributed by atoms with Gasteiger partial charge >= 0.3 is 5.97 Å². The van der Waals surface area contributed by atoms with Crippen LogP contribution in [0.15, 0.2) is 24.3 Å². The first-order valence-electron chi connectivity index (χ1n) is 6.62. The Kier molecular flexibility index (Phi) is 3.04. The fraction of sp³-hybridized carbons (Fsp3) is 0.333. The second-order valence-corrected chi connectivity index (χ2v) is 5.18. The first-order chi connectivity index (χ1) is 9.56. The molecule has 1 atom stereocenters. The molecule has 1 heterocycles. The van der Waals surface area contributed by atoms with E-state index in [1.807, 2.05) is 6.92 Å². The van der Waals surface area contributed by atoms with E-state index in [9.17, 15) is 9.18 Å². The van der Waals surface area contributed by atoms with Gasteiger partial charge in [0.05, 0.1) is 17.3 Å². The summed E-state index contributed by atoms with van der Waals surface area (Å²) in [6, 6.07) is 6.29. The van der Waals surface area contributed by atoms with Crippen LogP contribution in [-0.2, 0) is 17.6 Å². The second kappa shape index (κ2) is 4.74. The molecule has 4 nitrogen and oxygen atoms in total. The first kappa shape index (κ1) is 12.8. The number of aryl methyl sites for hydroxylation is 1. The Morgan fingerprint density at radius 3 is 3.00 bits per heavy atom. The number of fused-ring (bicyclic) bond motifs is 1. The molecule has 0 aliphatic heterocycles. The minimum atomic E-state index is -0.756. The van der Waals surface area contributed by atoms with Gasteiger partial charge in [0.1, 0.15) is 5.82 Å². The molecule has 1 aromatic carbocycles. The van der Waals surface area contributed by atoms with Crippen LogP contribution in [0.5, 0.6) is 0 Å². The number of aromatic nitrogens is 2. The van der Waals surface area contributed by atoms with Crippen LogP contribution in [0.4, 0.5) is 4.39 Å². The number of aliphatic carboxylic acids is 1. The molecule has 1 aromatic heterocycles. The van der Waals surface area contributed by atoms with Crippen molar-refractivity contribution in [2.24, 2.45) is 5.92 Å². The highest BCUT2D eigenvalue weighted by Crippen LogP contribution is 2.30. The number of benzene rings is 1.